The van der Waals surface area contributed by atoms with Gasteiger partial charge in [0.25, 0.3) is 11.1 Å². The van der Waals surface area contributed by atoms with Gasteiger partial charge in [-0.2, -0.15) is 10.2 Å². The van der Waals surface area contributed by atoms with Crippen LogP contribution in [0.3, 0.4) is 0 Å². The Morgan fingerprint density at radius 3 is 0.677 bits per heavy atom. The van der Waals surface area contributed by atoms with Crippen molar-refractivity contribution in [3.8, 4) is 86.0 Å². The van der Waals surface area contributed by atoms with Crippen molar-refractivity contribution in [2.45, 2.75) is 0 Å². The molecule has 0 amide bonds. The number of methoxy groups -OCH3 is 3. The number of nitrogens with zero attached hydrogens (tertiary/aromatic N) is 18. The maximum Gasteiger partial charge on any atom is 0.113 e. The largest absolute Gasteiger partial charge is 0.255 e. The van der Waals surface area contributed by atoms with E-state index in [1.807, 2.05) is 91.0 Å². The Bertz CT molecular complexity index is 5830. The van der Waals surface area contributed by atoms with Gasteiger partial charge < -0.3 is 14.2 Å². The normalized spacial score (nSPS) is 10.1. The van der Waals surface area contributed by atoms with Crippen LogP contribution in [0.4, 0.5) is 0 Å². The van der Waals surface area contributed by atoms with Gasteiger partial charge >= 0.3 is 44.5 Å². The average Bonchev–Trinajstić information content (AvgIpc) is 0.821. The van der Waals surface area contributed by atoms with Crippen molar-refractivity contribution in [2.24, 2.45) is 0 Å². The van der Waals surface area contributed by atoms with E-state index in [4.69, 9.17) is 49.0 Å². The number of aromatic nitrogens is 20. The maximum absolute atomic E-state index is 10.7. The quantitative estimate of drug-likeness (QED) is 0.0711. The molecule has 660 valence electrons. The fourth-order valence-electron chi connectivity index (χ4n) is 10.4. The van der Waals surface area contributed by atoms with E-state index in [1.165, 1.54) is 88.3 Å². The SMILES string of the molecule is Brc1ccccc1.COc1ccc(-c2ccc(OC)nn2)nn1.COc1ccc(Cl)nn1.Clc1ccc(-c2ccc(Cl)nn2)nn1.O=P(Cl)(Cl)Cl.O=c1ccc(-c2ccc(=O)[nH]n2)n[nH]1.[Br][Ni][Br].c1ccc(-c2ccc(-c3ccc(-c4ccccn4)nn3)nn2)nc1.c1ccc(P(c2ccccc2)c2ccccc2)cc1.c1ccc(P(c2ccccc2)c2ccccc2)cc1. The average molecular weight is 2150 g/mol. The molecule has 0 fully saturated rings. The molecule has 0 aliphatic carbocycles. The zero-order chi connectivity index (χ0) is 92.3. The third kappa shape index (κ3) is 37.1. The van der Waals surface area contributed by atoms with Crippen LogP contribution in [0.2, 0.25) is 15.5 Å². The topological polar surface area (TPSA) is 342 Å². The molecule has 18 aromatic rings. The van der Waals surface area contributed by atoms with Crippen LogP contribution in [0.1, 0.15) is 0 Å². The number of ether oxygens (including phenoxy) is 3. The summed E-state index contributed by atoms with van der Waals surface area (Å²) in [6.45, 7) is 0. The standard InChI is InChI=1S/C18H12N6.2C18H15P.C10H10N4O2.C8H4Cl2N4.C8H6N4O2.C6H5Br.C5H5ClN2O.2BrH.Cl3OP.Ni/c1-3-11-19-13(5-1)15-7-9-17(23-21-15)18-10-8-16(22-24-18)14-6-2-4-12-20-14;2*1-4-10-16(11-5-1)19(17-12-6-2-7-13-17)18-14-8-3-9-15-18;1-15-9-5-3-7(11-13-9)8-4-6-10(16-2)14-12-8;9-7-3-1-5(11-13-7)6-2-4-8(10)14-12-6;13-7-3-1-5(9-11-7)6-2-4-8(14)12-10-6;7-6-4-2-1-3-5-6;1-9-5-3-2-4(6)7-8-5;;;1-5(2,3)4;/h1-12H;2*1-15H;3-6H,1-2H3;1-4H;1-4H,(H,11,13)(H,12,14);1-5H;2-3H,1H3;2*1H;;/q;;;;;;;;;;;+2/p-2. The fourth-order valence-corrected chi connectivity index (χ4v) is 15.7. The molecule has 0 saturated carbocycles. The van der Waals surface area contributed by atoms with Crippen LogP contribution >= 0.6 is 134 Å². The molecule has 0 radical (unpaired) electrons. The molecule has 0 aliphatic heterocycles. The number of aromatic amines is 2. The minimum absolute atomic E-state index is 0.279. The second-order valence-electron chi connectivity index (χ2n) is 24.9. The Kier molecular flexibility index (Phi) is 45.1. The third-order valence-corrected chi connectivity index (χ3v) is 22.2. The summed E-state index contributed by atoms with van der Waals surface area (Å²) in [5.41, 5.74) is 7.27. The van der Waals surface area contributed by atoms with Gasteiger partial charge in [-0.05, 0) is 197 Å². The van der Waals surface area contributed by atoms with E-state index in [0.717, 1.165) is 27.2 Å². The number of halogens is 9. The van der Waals surface area contributed by atoms with Gasteiger partial charge in [-0.25, -0.2) is 10.2 Å². The van der Waals surface area contributed by atoms with Crippen LogP contribution in [0.25, 0.3) is 68.3 Å². The molecular formula is C91H72Br3Cl6N20NiO6P3. The molecule has 0 aliphatic rings. The van der Waals surface area contributed by atoms with Gasteiger partial charge in [0.15, 0.2) is 15.5 Å². The molecule has 0 bridgehead atoms. The monoisotopic (exact) mass is 2140 g/mol. The third-order valence-electron chi connectivity index (χ3n) is 16.2. The Hall–Kier alpha value is -11.7. The molecule has 18 rings (SSSR count). The molecule has 2 N–H and O–H groups in total. The van der Waals surface area contributed by atoms with Gasteiger partial charge in [-0.3, -0.25) is 24.1 Å². The number of pyridine rings is 2. The molecule has 0 spiro atoms. The van der Waals surface area contributed by atoms with Crippen molar-refractivity contribution in [1.82, 2.24) is 102 Å². The van der Waals surface area contributed by atoms with Crippen LogP contribution < -0.4 is 57.2 Å². The van der Waals surface area contributed by atoms with Crippen LogP contribution in [-0.4, -0.2) is 123 Å². The molecule has 26 nitrogen and oxygen atoms in total. The summed E-state index contributed by atoms with van der Waals surface area (Å²) < 4.78 is 25.2. The summed E-state index contributed by atoms with van der Waals surface area (Å²) in [4.78, 5) is 29.9. The number of rotatable bonds is 15. The van der Waals surface area contributed by atoms with E-state index in [-0.39, 0.29) is 11.1 Å². The van der Waals surface area contributed by atoms with E-state index in [2.05, 4.69) is 362 Å². The fraction of sp³-hybridized carbons (Fsp3) is 0.0330. The van der Waals surface area contributed by atoms with Gasteiger partial charge in [-0.15, -0.1) is 71.4 Å². The maximum atomic E-state index is 10.7. The number of hydrogen-bond donors (Lipinski definition) is 2. The molecular weight excluding hydrogens is 2070 g/mol. The van der Waals surface area contributed by atoms with Crippen molar-refractivity contribution < 1.29 is 29.7 Å². The summed E-state index contributed by atoms with van der Waals surface area (Å²) in [6, 6.07) is 116. The first-order chi connectivity index (χ1) is 63.3. The molecule has 7 aromatic carbocycles. The Labute approximate surface area is 808 Å². The summed E-state index contributed by atoms with van der Waals surface area (Å²) in [5.74, 6) is 1.40. The first kappa shape index (κ1) is 102. The Morgan fingerprint density at radius 1 is 0.277 bits per heavy atom. The van der Waals surface area contributed by atoms with Crippen LogP contribution in [0.15, 0.2) is 384 Å². The van der Waals surface area contributed by atoms with Crippen LogP contribution in [0, 0.1) is 0 Å². The van der Waals surface area contributed by atoms with E-state index < -0.39 is 21.0 Å². The molecule has 0 atom stereocenters. The predicted molar refractivity (Wildman–Crippen MR) is 529 cm³/mol. The van der Waals surface area contributed by atoms with Crippen molar-refractivity contribution in [1.29, 1.82) is 0 Å². The van der Waals surface area contributed by atoms with E-state index >= 15 is 0 Å². The summed E-state index contributed by atoms with van der Waals surface area (Å²) in [6.07, 6.45) is 3.46. The summed E-state index contributed by atoms with van der Waals surface area (Å²) in [5, 5.41) is 73.0. The first-order valence-electron chi connectivity index (χ1n) is 37.8. The number of hydrogen-bond acceptors (Lipinski definition) is 24. The van der Waals surface area contributed by atoms with Crippen molar-refractivity contribution in [2.75, 3.05) is 21.3 Å². The van der Waals surface area contributed by atoms with E-state index in [1.54, 1.807) is 73.1 Å². The van der Waals surface area contributed by atoms with E-state index in [0.29, 0.717) is 78.7 Å². The van der Waals surface area contributed by atoms with Gasteiger partial charge in [0.1, 0.15) is 56.9 Å². The van der Waals surface area contributed by atoms with Crippen molar-refractivity contribution in [3.05, 3.63) is 411 Å². The van der Waals surface area contributed by atoms with E-state index in [9.17, 15) is 14.2 Å². The molecule has 11 aromatic heterocycles. The second-order valence-corrected chi connectivity index (χ2v) is 43.0. The first-order valence-corrected chi connectivity index (χ1v) is 51.7. The van der Waals surface area contributed by atoms with Gasteiger partial charge in [0, 0.05) is 47.2 Å². The predicted octanol–water partition coefficient (Wildman–Crippen LogP) is 20.7. The number of nitrogens with one attached hydrogen (secondary N) is 2. The van der Waals surface area contributed by atoms with Gasteiger partial charge in [0.2, 0.25) is 17.6 Å². The summed E-state index contributed by atoms with van der Waals surface area (Å²) in [7, 11) is 4.96. The summed E-state index contributed by atoms with van der Waals surface area (Å²) >= 11 is 39.8. The van der Waals surface area contributed by atoms with Crippen LogP contribution in [0.5, 0.6) is 17.6 Å². The van der Waals surface area contributed by atoms with Crippen molar-refractivity contribution >= 4 is 166 Å². The number of H-pyrrole nitrogens is 2. The zero-order valence-electron chi connectivity index (χ0n) is 68.3. The minimum Gasteiger partial charge on any atom is -0.255 e. The van der Waals surface area contributed by atoms with Crippen LogP contribution in [-0.2, 0) is 15.5 Å². The zero-order valence-corrected chi connectivity index (χ0v) is 81.2. The minimum atomic E-state index is -3.22. The number of benzene rings is 7. The second kappa shape index (κ2) is 57.4. The molecule has 0 saturated heterocycles. The van der Waals surface area contributed by atoms with Gasteiger partial charge in [-0.1, -0.05) is 263 Å². The molecule has 0 unspecified atom stereocenters. The van der Waals surface area contributed by atoms with Gasteiger partial charge in [0.05, 0.1) is 32.7 Å². The smallest absolute Gasteiger partial charge is 0.113 e. The van der Waals surface area contributed by atoms with Crippen molar-refractivity contribution in [3.63, 3.8) is 0 Å². The Balaban J connectivity index is 0.000000168. The molecule has 130 heavy (non-hydrogen) atoms. The Morgan fingerprint density at radius 2 is 0.485 bits per heavy atom. The molecule has 11 heterocycles. The molecule has 39 heteroatoms.